The van der Waals surface area contributed by atoms with Gasteiger partial charge in [0.05, 0.1) is 16.3 Å². The molecule has 9 heteroatoms. The monoisotopic (exact) mass is 392 g/mol. The highest BCUT2D eigenvalue weighted by atomic mass is 35.5. The van der Waals surface area contributed by atoms with Gasteiger partial charge in [-0.1, -0.05) is 11.6 Å². The highest BCUT2D eigenvalue weighted by molar-refractivity contribution is 6.33. The number of alkyl halides is 4. The summed E-state index contributed by atoms with van der Waals surface area (Å²) >= 11 is 5.96. The van der Waals surface area contributed by atoms with Crippen molar-refractivity contribution in [1.29, 1.82) is 0 Å². The quantitative estimate of drug-likeness (QED) is 0.731. The average molecular weight is 393 g/mol. The first-order chi connectivity index (χ1) is 12.0. The second-order valence-electron chi connectivity index (χ2n) is 6.87. The van der Waals surface area contributed by atoms with Crippen molar-refractivity contribution in [3.63, 3.8) is 0 Å². The number of hydrogen-bond donors (Lipinski definition) is 1. The van der Waals surface area contributed by atoms with Crippen LogP contribution in [-0.2, 0) is 12.3 Å². The molecule has 1 fully saturated rings. The van der Waals surface area contributed by atoms with Crippen molar-refractivity contribution in [2.45, 2.75) is 50.9 Å². The minimum absolute atomic E-state index is 0.0412. The summed E-state index contributed by atoms with van der Waals surface area (Å²) in [7, 11) is 0. The van der Waals surface area contributed by atoms with E-state index in [-0.39, 0.29) is 59.9 Å². The number of halogens is 5. The summed E-state index contributed by atoms with van der Waals surface area (Å²) < 4.78 is 56.1. The highest BCUT2D eigenvalue weighted by Crippen LogP contribution is 2.39. The van der Waals surface area contributed by atoms with Gasteiger partial charge in [0.15, 0.2) is 0 Å². The van der Waals surface area contributed by atoms with Crippen molar-refractivity contribution in [3.8, 4) is 0 Å². The lowest BCUT2D eigenvalue weighted by atomic mass is 9.83. The Bertz CT molecular complexity index is 851. The third-order valence-corrected chi connectivity index (χ3v) is 5.08. The van der Waals surface area contributed by atoms with Crippen LogP contribution in [0, 0.1) is 5.92 Å². The molecular formula is C17H17ClF4N2O2. The molecule has 2 aromatic rings. The van der Waals surface area contributed by atoms with Crippen LogP contribution in [-0.4, -0.2) is 26.4 Å². The zero-order valence-electron chi connectivity index (χ0n) is 13.9. The van der Waals surface area contributed by atoms with E-state index in [0.29, 0.717) is 6.92 Å². The van der Waals surface area contributed by atoms with Gasteiger partial charge in [0, 0.05) is 26.0 Å². The Morgan fingerprint density at radius 2 is 2.04 bits per heavy atom. The van der Waals surface area contributed by atoms with Crippen molar-refractivity contribution in [3.05, 3.63) is 34.2 Å². The molecule has 4 nitrogen and oxygen atoms in total. The van der Waals surface area contributed by atoms with Crippen LogP contribution in [0.1, 0.15) is 54.4 Å². The molecule has 0 amide bonds. The van der Waals surface area contributed by atoms with Crippen LogP contribution < -0.4 is 0 Å². The number of rotatable bonds is 4. The van der Waals surface area contributed by atoms with Crippen molar-refractivity contribution in [2.75, 3.05) is 0 Å². The van der Waals surface area contributed by atoms with Crippen LogP contribution in [0.3, 0.4) is 0 Å². The van der Waals surface area contributed by atoms with E-state index < -0.39 is 23.5 Å². The van der Waals surface area contributed by atoms with E-state index in [0.717, 1.165) is 6.07 Å². The van der Waals surface area contributed by atoms with Gasteiger partial charge in [0.2, 0.25) is 5.92 Å². The normalized spacial score (nSPS) is 18.4. The van der Waals surface area contributed by atoms with E-state index >= 15 is 0 Å². The molecule has 1 N–H and O–H groups in total. The molecule has 26 heavy (non-hydrogen) atoms. The van der Waals surface area contributed by atoms with Gasteiger partial charge in [-0.2, -0.15) is 8.78 Å². The summed E-state index contributed by atoms with van der Waals surface area (Å²) in [5, 5.41) is 9.02. The number of carboxylic acid groups (broad SMARTS) is 1. The average Bonchev–Trinajstić information content (AvgIpc) is 2.86. The zero-order chi connectivity index (χ0) is 19.3. The Hall–Kier alpha value is -1.83. The summed E-state index contributed by atoms with van der Waals surface area (Å²) in [6.07, 6.45) is 1.33. The fourth-order valence-corrected chi connectivity index (χ4v) is 3.63. The fourth-order valence-electron chi connectivity index (χ4n) is 3.40. The number of fused-ring (bicyclic) bond motifs is 1. The lowest BCUT2D eigenvalue weighted by Gasteiger charge is -2.28. The third-order valence-electron chi connectivity index (χ3n) is 4.78. The number of nitrogens with zero attached hydrogens (tertiary/aromatic N) is 2. The number of pyridine rings is 1. The molecule has 3 rings (SSSR count). The second-order valence-corrected chi connectivity index (χ2v) is 7.27. The van der Waals surface area contributed by atoms with Crippen LogP contribution >= 0.6 is 11.6 Å². The Morgan fingerprint density at radius 1 is 1.42 bits per heavy atom. The van der Waals surface area contributed by atoms with E-state index in [2.05, 4.69) is 4.98 Å². The Labute approximate surface area is 151 Å². The molecule has 0 radical (unpaired) electrons. The van der Waals surface area contributed by atoms with E-state index in [9.17, 15) is 22.4 Å². The number of hydrogen-bond acceptors (Lipinski definition) is 2. The Balaban J connectivity index is 2.04. The molecule has 0 unspecified atom stereocenters. The summed E-state index contributed by atoms with van der Waals surface area (Å²) in [4.78, 5) is 15.1. The Morgan fingerprint density at radius 3 is 2.58 bits per heavy atom. The predicted octanol–water partition coefficient (Wildman–Crippen LogP) is 5.17. The van der Waals surface area contributed by atoms with Gasteiger partial charge in [-0.25, -0.2) is 18.6 Å². The van der Waals surface area contributed by atoms with E-state index in [1.54, 1.807) is 0 Å². The largest absolute Gasteiger partial charge is 0.478 e. The van der Waals surface area contributed by atoms with Gasteiger partial charge in [-0.15, -0.1) is 0 Å². The molecule has 0 spiro atoms. The topological polar surface area (TPSA) is 54.6 Å². The third kappa shape index (κ3) is 3.65. The minimum atomic E-state index is -3.25. The van der Waals surface area contributed by atoms with Gasteiger partial charge >= 0.3 is 5.97 Å². The number of carboxylic acids is 1. The number of aromatic nitrogens is 2. The maximum atomic E-state index is 14.0. The molecule has 0 aliphatic heterocycles. The van der Waals surface area contributed by atoms with E-state index in [1.807, 2.05) is 0 Å². The maximum absolute atomic E-state index is 14.0. The summed E-state index contributed by atoms with van der Waals surface area (Å²) in [6, 6.07) is 1.14. The SMILES string of the molecule is CC(F)(F)c1nc2cc(C(=O)O)c(Cl)cn2c1CC1CCC(F)(F)CC1. The molecule has 2 aromatic heterocycles. The van der Waals surface area contributed by atoms with Gasteiger partial charge in [0.1, 0.15) is 11.3 Å². The van der Waals surface area contributed by atoms with Gasteiger partial charge < -0.3 is 9.51 Å². The molecule has 0 saturated heterocycles. The first-order valence-corrected chi connectivity index (χ1v) is 8.55. The van der Waals surface area contributed by atoms with E-state index in [4.69, 9.17) is 16.7 Å². The highest BCUT2D eigenvalue weighted by Gasteiger charge is 2.38. The van der Waals surface area contributed by atoms with Gasteiger partial charge in [-0.3, -0.25) is 0 Å². The Kier molecular flexibility index (Phi) is 4.67. The predicted molar refractivity (Wildman–Crippen MR) is 87.3 cm³/mol. The lowest BCUT2D eigenvalue weighted by molar-refractivity contribution is -0.0460. The summed E-state index contributed by atoms with van der Waals surface area (Å²) in [5.74, 6) is -7.42. The molecular weight excluding hydrogens is 376 g/mol. The maximum Gasteiger partial charge on any atom is 0.337 e. The number of aromatic carboxylic acids is 1. The molecule has 0 bridgehead atoms. The van der Waals surface area contributed by atoms with Crippen molar-refractivity contribution in [1.82, 2.24) is 9.38 Å². The molecule has 1 aliphatic carbocycles. The fraction of sp³-hybridized carbons (Fsp3) is 0.529. The molecule has 2 heterocycles. The molecule has 0 aromatic carbocycles. The van der Waals surface area contributed by atoms with E-state index in [1.165, 1.54) is 10.6 Å². The smallest absolute Gasteiger partial charge is 0.337 e. The zero-order valence-corrected chi connectivity index (χ0v) is 14.7. The van der Waals surface area contributed by atoms with Crippen molar-refractivity contribution >= 4 is 23.2 Å². The van der Waals surface area contributed by atoms with Crippen molar-refractivity contribution < 1.29 is 27.5 Å². The van der Waals surface area contributed by atoms with Crippen LogP contribution in [0.5, 0.6) is 0 Å². The molecule has 142 valence electrons. The molecule has 1 saturated carbocycles. The van der Waals surface area contributed by atoms with Crippen molar-refractivity contribution in [2.24, 2.45) is 5.92 Å². The molecule has 0 atom stereocenters. The lowest BCUT2D eigenvalue weighted by Crippen LogP contribution is -2.26. The van der Waals surface area contributed by atoms with Crippen LogP contribution in [0.4, 0.5) is 17.6 Å². The van der Waals surface area contributed by atoms with Crippen LogP contribution in [0.25, 0.3) is 5.65 Å². The first kappa shape index (κ1) is 18.9. The standard InChI is InChI=1S/C17H17ClF4N2O2/c1-16(19,20)14-12(6-9-2-4-17(21,22)5-3-9)24-8-11(18)10(15(25)26)7-13(24)23-14/h7-9H,2-6H2,1H3,(H,25,26). The van der Waals surface area contributed by atoms with Crippen LogP contribution in [0.2, 0.25) is 5.02 Å². The number of carbonyl (C=O) groups is 1. The second kappa shape index (κ2) is 6.40. The number of imidazole rings is 1. The first-order valence-electron chi connectivity index (χ1n) is 8.18. The van der Waals surface area contributed by atoms with Gasteiger partial charge in [0.25, 0.3) is 5.92 Å². The molecule has 1 aliphatic rings. The minimum Gasteiger partial charge on any atom is -0.478 e. The van der Waals surface area contributed by atoms with Gasteiger partial charge in [-0.05, 0) is 31.2 Å². The van der Waals surface area contributed by atoms with Crippen LogP contribution in [0.15, 0.2) is 12.3 Å². The summed E-state index contributed by atoms with van der Waals surface area (Å²) in [6.45, 7) is 0.701. The summed E-state index contributed by atoms with van der Waals surface area (Å²) in [5.41, 5.74) is -0.492.